The van der Waals surface area contributed by atoms with E-state index in [0.717, 1.165) is 55.2 Å². The first kappa shape index (κ1) is 15.4. The second kappa shape index (κ2) is 6.40. The first-order valence-corrected chi connectivity index (χ1v) is 8.95. The standard InChI is InChI=1S/C19H25N5/c1-3-9-23-11-8-20-18(23)13-24-10-4-5-17(24)19-21-15-7-6-14(2)12-16(15)22-19/h6-8,11-12,17H,3-5,9-10,13H2,1-2H3,(H,21,22). The third kappa shape index (κ3) is 2.84. The molecule has 2 aromatic heterocycles. The molecule has 0 radical (unpaired) electrons. The fraction of sp³-hybridized carbons (Fsp3) is 0.474. The molecule has 1 atom stereocenters. The normalized spacial score (nSPS) is 18.7. The summed E-state index contributed by atoms with van der Waals surface area (Å²) in [4.78, 5) is 15.5. The highest BCUT2D eigenvalue weighted by Gasteiger charge is 2.29. The lowest BCUT2D eigenvalue weighted by Crippen LogP contribution is -2.25. The second-order valence-electron chi connectivity index (χ2n) is 6.81. The van der Waals surface area contributed by atoms with Gasteiger partial charge in [0.05, 0.1) is 23.6 Å². The minimum absolute atomic E-state index is 0.365. The van der Waals surface area contributed by atoms with Gasteiger partial charge in [0, 0.05) is 18.9 Å². The minimum Gasteiger partial charge on any atom is -0.341 e. The molecular formula is C19H25N5. The van der Waals surface area contributed by atoms with Crippen LogP contribution in [0.15, 0.2) is 30.6 Å². The number of hydrogen-bond acceptors (Lipinski definition) is 3. The van der Waals surface area contributed by atoms with Crippen molar-refractivity contribution in [1.29, 1.82) is 0 Å². The summed E-state index contributed by atoms with van der Waals surface area (Å²) < 4.78 is 2.28. The Hall–Kier alpha value is -2.14. The van der Waals surface area contributed by atoms with Crippen LogP contribution in [0, 0.1) is 6.92 Å². The topological polar surface area (TPSA) is 49.7 Å². The van der Waals surface area contributed by atoms with Gasteiger partial charge >= 0.3 is 0 Å². The summed E-state index contributed by atoms with van der Waals surface area (Å²) in [6, 6.07) is 6.78. The number of H-pyrrole nitrogens is 1. The monoisotopic (exact) mass is 323 g/mol. The van der Waals surface area contributed by atoms with Crippen LogP contribution >= 0.6 is 0 Å². The fourth-order valence-electron chi connectivity index (χ4n) is 3.74. The third-order valence-corrected chi connectivity index (χ3v) is 4.95. The molecule has 0 bridgehead atoms. The Balaban J connectivity index is 1.58. The number of aryl methyl sites for hydroxylation is 2. The third-order valence-electron chi connectivity index (χ3n) is 4.95. The number of fused-ring (bicyclic) bond motifs is 1. The summed E-state index contributed by atoms with van der Waals surface area (Å²) in [7, 11) is 0. The smallest absolute Gasteiger partial charge is 0.124 e. The molecule has 0 spiro atoms. The Morgan fingerprint density at radius 2 is 2.25 bits per heavy atom. The van der Waals surface area contributed by atoms with E-state index >= 15 is 0 Å². The minimum atomic E-state index is 0.365. The number of likely N-dealkylation sites (tertiary alicyclic amines) is 1. The molecule has 1 aromatic carbocycles. The number of hydrogen-bond donors (Lipinski definition) is 1. The van der Waals surface area contributed by atoms with E-state index in [0.29, 0.717) is 6.04 Å². The van der Waals surface area contributed by atoms with Crippen LogP contribution in [0.4, 0.5) is 0 Å². The van der Waals surface area contributed by atoms with Gasteiger partial charge in [-0.25, -0.2) is 9.97 Å². The molecule has 5 heteroatoms. The number of imidazole rings is 2. The summed E-state index contributed by atoms with van der Waals surface area (Å²) in [5.74, 6) is 2.26. The average molecular weight is 323 g/mol. The Kier molecular flexibility index (Phi) is 4.10. The summed E-state index contributed by atoms with van der Waals surface area (Å²) in [6.07, 6.45) is 7.52. The van der Waals surface area contributed by atoms with Crippen molar-refractivity contribution in [3.8, 4) is 0 Å². The van der Waals surface area contributed by atoms with Gasteiger partial charge in [0.25, 0.3) is 0 Å². The molecule has 1 unspecified atom stereocenters. The number of aromatic amines is 1. The number of nitrogens with one attached hydrogen (secondary N) is 1. The Morgan fingerprint density at radius 1 is 1.33 bits per heavy atom. The molecule has 4 rings (SSSR count). The largest absolute Gasteiger partial charge is 0.341 e. The van der Waals surface area contributed by atoms with Crippen LogP contribution in [0.25, 0.3) is 11.0 Å². The lowest BCUT2D eigenvalue weighted by atomic mass is 10.2. The van der Waals surface area contributed by atoms with E-state index in [-0.39, 0.29) is 0 Å². The van der Waals surface area contributed by atoms with Crippen LogP contribution in [0.5, 0.6) is 0 Å². The van der Waals surface area contributed by atoms with Crippen molar-refractivity contribution in [3.63, 3.8) is 0 Å². The van der Waals surface area contributed by atoms with E-state index in [1.807, 2.05) is 6.20 Å². The van der Waals surface area contributed by atoms with E-state index in [2.05, 4.69) is 57.7 Å². The molecule has 0 saturated carbocycles. The lowest BCUT2D eigenvalue weighted by Gasteiger charge is -2.22. The van der Waals surface area contributed by atoms with Crippen LogP contribution in [0.2, 0.25) is 0 Å². The van der Waals surface area contributed by atoms with Gasteiger partial charge in [-0.1, -0.05) is 13.0 Å². The average Bonchev–Trinajstić information content (AvgIpc) is 3.27. The maximum Gasteiger partial charge on any atom is 0.124 e. The first-order chi connectivity index (χ1) is 11.7. The maximum absolute atomic E-state index is 4.85. The van der Waals surface area contributed by atoms with Crippen molar-refractivity contribution < 1.29 is 0 Å². The van der Waals surface area contributed by atoms with E-state index < -0.39 is 0 Å². The van der Waals surface area contributed by atoms with Gasteiger partial charge in [0.1, 0.15) is 11.6 Å². The van der Waals surface area contributed by atoms with E-state index in [1.165, 1.54) is 12.0 Å². The van der Waals surface area contributed by atoms with Crippen molar-refractivity contribution in [1.82, 2.24) is 24.4 Å². The van der Waals surface area contributed by atoms with Gasteiger partial charge in [-0.3, -0.25) is 4.90 Å². The highest BCUT2D eigenvalue weighted by atomic mass is 15.2. The molecule has 0 amide bonds. The Labute approximate surface area is 142 Å². The molecule has 1 aliphatic heterocycles. The summed E-state index contributed by atoms with van der Waals surface area (Å²) in [6.45, 7) is 7.37. The number of nitrogens with zero attached hydrogens (tertiary/aromatic N) is 4. The Bertz CT molecular complexity index is 831. The number of rotatable bonds is 5. The van der Waals surface area contributed by atoms with Crippen LogP contribution in [-0.2, 0) is 13.1 Å². The van der Waals surface area contributed by atoms with Crippen molar-refractivity contribution in [2.45, 2.75) is 52.2 Å². The zero-order valence-corrected chi connectivity index (χ0v) is 14.5. The van der Waals surface area contributed by atoms with Crippen molar-refractivity contribution in [2.75, 3.05) is 6.54 Å². The van der Waals surface area contributed by atoms with Gasteiger partial charge in [-0.15, -0.1) is 0 Å². The van der Waals surface area contributed by atoms with Crippen molar-refractivity contribution >= 4 is 11.0 Å². The fourth-order valence-corrected chi connectivity index (χ4v) is 3.74. The van der Waals surface area contributed by atoms with Crippen molar-refractivity contribution in [3.05, 3.63) is 47.8 Å². The van der Waals surface area contributed by atoms with Gasteiger partial charge < -0.3 is 9.55 Å². The van der Waals surface area contributed by atoms with Gasteiger partial charge in [0.15, 0.2) is 0 Å². The van der Waals surface area contributed by atoms with Gasteiger partial charge in [0.2, 0.25) is 0 Å². The predicted molar refractivity (Wildman–Crippen MR) is 95.7 cm³/mol. The van der Waals surface area contributed by atoms with Crippen LogP contribution in [0.3, 0.4) is 0 Å². The highest BCUT2D eigenvalue weighted by molar-refractivity contribution is 5.75. The van der Waals surface area contributed by atoms with Crippen LogP contribution < -0.4 is 0 Å². The first-order valence-electron chi connectivity index (χ1n) is 8.95. The molecule has 1 aliphatic rings. The van der Waals surface area contributed by atoms with Crippen LogP contribution in [0.1, 0.15) is 49.4 Å². The molecule has 5 nitrogen and oxygen atoms in total. The molecular weight excluding hydrogens is 298 g/mol. The Morgan fingerprint density at radius 3 is 3.12 bits per heavy atom. The molecule has 1 saturated heterocycles. The van der Waals surface area contributed by atoms with Gasteiger partial charge in [-0.2, -0.15) is 0 Å². The molecule has 0 aliphatic carbocycles. The maximum atomic E-state index is 4.85. The lowest BCUT2D eigenvalue weighted by molar-refractivity contribution is 0.231. The SMILES string of the molecule is CCCn1ccnc1CN1CCCC1c1nc2ccc(C)cc2[nH]1. The highest BCUT2D eigenvalue weighted by Crippen LogP contribution is 2.32. The summed E-state index contributed by atoms with van der Waals surface area (Å²) >= 11 is 0. The quantitative estimate of drug-likeness (QED) is 0.776. The van der Waals surface area contributed by atoms with E-state index in [1.54, 1.807) is 0 Å². The number of benzene rings is 1. The van der Waals surface area contributed by atoms with E-state index in [9.17, 15) is 0 Å². The molecule has 126 valence electrons. The molecule has 3 heterocycles. The van der Waals surface area contributed by atoms with Crippen LogP contribution in [-0.4, -0.2) is 31.0 Å². The summed E-state index contributed by atoms with van der Waals surface area (Å²) in [5.41, 5.74) is 3.47. The zero-order chi connectivity index (χ0) is 16.5. The van der Waals surface area contributed by atoms with Gasteiger partial charge in [-0.05, 0) is 50.4 Å². The molecule has 24 heavy (non-hydrogen) atoms. The molecule has 1 N–H and O–H groups in total. The number of aromatic nitrogens is 4. The molecule has 1 fully saturated rings. The zero-order valence-electron chi connectivity index (χ0n) is 14.5. The summed E-state index contributed by atoms with van der Waals surface area (Å²) in [5, 5.41) is 0. The molecule has 3 aromatic rings. The second-order valence-corrected chi connectivity index (χ2v) is 6.81. The predicted octanol–water partition coefficient (Wildman–Crippen LogP) is 3.81. The van der Waals surface area contributed by atoms with E-state index in [4.69, 9.17) is 4.98 Å². The van der Waals surface area contributed by atoms with Crippen molar-refractivity contribution in [2.24, 2.45) is 0 Å².